The fraction of sp³-hybridized carbons (Fsp3) is 0.407. The monoisotopic (exact) mass is 585 g/mol. The number of halogens is 3. The first-order chi connectivity index (χ1) is 20.1. The third-order valence-electron chi connectivity index (χ3n) is 7.69. The largest absolute Gasteiger partial charge is 0.451 e. The Kier molecular flexibility index (Phi) is 6.83. The van der Waals surface area contributed by atoms with Crippen LogP contribution >= 0.6 is 0 Å². The molecule has 0 amide bonds. The smallest absolute Gasteiger partial charge is 0.417 e. The quantitative estimate of drug-likeness (QED) is 0.343. The Labute approximate surface area is 238 Å². The lowest BCUT2D eigenvalue weighted by atomic mass is 10.1. The fourth-order valence-electron chi connectivity index (χ4n) is 5.44. The Morgan fingerprint density at radius 2 is 1.90 bits per heavy atom. The van der Waals surface area contributed by atoms with Crippen LogP contribution < -0.4 is 30.7 Å². The van der Waals surface area contributed by atoms with Crippen LogP contribution in [0.5, 0.6) is 11.5 Å². The number of anilines is 4. The Morgan fingerprint density at radius 1 is 1.10 bits per heavy atom. The van der Waals surface area contributed by atoms with Crippen LogP contribution in [-0.2, 0) is 10.9 Å². The number of rotatable bonds is 6. The lowest BCUT2D eigenvalue weighted by Gasteiger charge is -2.30. The maximum atomic E-state index is 13.9. The lowest BCUT2D eigenvalue weighted by Crippen LogP contribution is -2.47. The van der Waals surface area contributed by atoms with Gasteiger partial charge in [-0.3, -0.25) is 4.79 Å². The Balaban J connectivity index is 1.31. The van der Waals surface area contributed by atoms with Crippen molar-refractivity contribution in [2.24, 2.45) is 0 Å². The van der Waals surface area contributed by atoms with Crippen molar-refractivity contribution in [1.82, 2.24) is 24.1 Å². The standard InChI is InChI=1S/C27H30F3N9O3/c1-15-20(42-21-11-34-39-13-22(31-2)32-9-19(21)39)10-33-24-23(15)36(3)26(37(24)4)35-18-8-16(27(28,29)30)12-38(25(18)40)17-6-5-7-41-14-17/h8-13,17,26,31,35H,5-7,14H2,1-4H3/t17-,26?/m1/s1. The van der Waals surface area contributed by atoms with E-state index in [0.29, 0.717) is 53.8 Å². The van der Waals surface area contributed by atoms with Crippen molar-refractivity contribution in [2.75, 3.05) is 54.8 Å². The SMILES string of the molecule is CNc1cn2ncc(Oc3cnc4c(c3C)N(C)C(Nc3cc(C(F)(F)F)cn([C@@H]5CCCOC5)c3=O)N4C)c2cn1. The average molecular weight is 586 g/mol. The molecule has 0 saturated carbocycles. The van der Waals surface area contributed by atoms with Crippen LogP contribution in [0, 0.1) is 6.92 Å². The summed E-state index contributed by atoms with van der Waals surface area (Å²) in [5, 5.41) is 10.3. The maximum absolute atomic E-state index is 13.9. The number of aromatic nitrogens is 5. The molecule has 1 unspecified atom stereocenters. The van der Waals surface area contributed by atoms with Gasteiger partial charge in [-0.05, 0) is 25.8 Å². The summed E-state index contributed by atoms with van der Waals surface area (Å²) < 4.78 is 56.1. The van der Waals surface area contributed by atoms with Gasteiger partial charge in [-0.25, -0.2) is 14.5 Å². The molecule has 15 heteroatoms. The Bertz CT molecular complexity index is 1700. The van der Waals surface area contributed by atoms with Crippen LogP contribution in [0.4, 0.5) is 36.2 Å². The number of ether oxygens (including phenoxy) is 2. The van der Waals surface area contributed by atoms with E-state index < -0.39 is 29.6 Å². The molecule has 2 N–H and O–H groups in total. The van der Waals surface area contributed by atoms with E-state index in [0.717, 1.165) is 22.4 Å². The fourth-order valence-corrected chi connectivity index (χ4v) is 5.44. The van der Waals surface area contributed by atoms with Crippen molar-refractivity contribution in [3.05, 3.63) is 58.5 Å². The first kappa shape index (κ1) is 27.6. The Hall–Kier alpha value is -4.53. The summed E-state index contributed by atoms with van der Waals surface area (Å²) in [4.78, 5) is 25.9. The molecule has 0 aromatic carbocycles. The molecule has 0 aliphatic carbocycles. The summed E-state index contributed by atoms with van der Waals surface area (Å²) in [6.07, 6.45) is 3.31. The van der Waals surface area contributed by atoms with Crippen molar-refractivity contribution in [1.29, 1.82) is 0 Å². The van der Waals surface area contributed by atoms with Crippen LogP contribution in [0.2, 0.25) is 0 Å². The summed E-state index contributed by atoms with van der Waals surface area (Å²) in [6, 6.07) is 0.384. The minimum absolute atomic E-state index is 0.166. The first-order valence-corrected chi connectivity index (χ1v) is 13.4. The third kappa shape index (κ3) is 4.72. The van der Waals surface area contributed by atoms with E-state index in [2.05, 4.69) is 25.7 Å². The van der Waals surface area contributed by atoms with Crippen molar-refractivity contribution < 1.29 is 22.6 Å². The zero-order valence-electron chi connectivity index (χ0n) is 23.4. The summed E-state index contributed by atoms with van der Waals surface area (Å²) in [7, 11) is 5.29. The minimum Gasteiger partial charge on any atom is -0.451 e. The molecule has 6 rings (SSSR count). The molecule has 42 heavy (non-hydrogen) atoms. The minimum atomic E-state index is -4.63. The van der Waals surface area contributed by atoms with E-state index in [1.807, 2.05) is 11.8 Å². The molecule has 4 aromatic rings. The van der Waals surface area contributed by atoms with Crippen molar-refractivity contribution >= 4 is 28.5 Å². The van der Waals surface area contributed by atoms with Crippen LogP contribution in [0.25, 0.3) is 5.52 Å². The second kappa shape index (κ2) is 10.4. The van der Waals surface area contributed by atoms with Crippen molar-refractivity contribution in [2.45, 2.75) is 38.3 Å². The number of fused-ring (bicyclic) bond motifs is 2. The molecule has 1 saturated heterocycles. The van der Waals surface area contributed by atoms with E-state index in [1.165, 1.54) is 0 Å². The average Bonchev–Trinajstić information content (AvgIpc) is 3.48. The number of nitrogens with zero attached hydrogens (tertiary/aromatic N) is 7. The maximum Gasteiger partial charge on any atom is 0.417 e. The zero-order chi connectivity index (χ0) is 29.8. The topological polar surface area (TPSA) is 114 Å². The summed E-state index contributed by atoms with van der Waals surface area (Å²) >= 11 is 0. The van der Waals surface area contributed by atoms with Gasteiger partial charge < -0.3 is 34.5 Å². The van der Waals surface area contributed by atoms with Gasteiger partial charge in [0.2, 0.25) is 0 Å². The van der Waals surface area contributed by atoms with E-state index in [4.69, 9.17) is 9.47 Å². The predicted octanol–water partition coefficient (Wildman–Crippen LogP) is 4.08. The van der Waals surface area contributed by atoms with Gasteiger partial charge in [0, 0.05) is 39.5 Å². The van der Waals surface area contributed by atoms with Gasteiger partial charge in [0.25, 0.3) is 5.56 Å². The van der Waals surface area contributed by atoms with Crippen LogP contribution in [0.15, 0.2) is 41.8 Å². The van der Waals surface area contributed by atoms with Gasteiger partial charge in [-0.2, -0.15) is 18.3 Å². The molecule has 4 aromatic heterocycles. The Morgan fingerprint density at radius 3 is 2.62 bits per heavy atom. The highest BCUT2D eigenvalue weighted by molar-refractivity contribution is 5.80. The van der Waals surface area contributed by atoms with Crippen LogP contribution in [0.3, 0.4) is 0 Å². The highest BCUT2D eigenvalue weighted by Gasteiger charge is 2.37. The third-order valence-corrected chi connectivity index (χ3v) is 7.69. The highest BCUT2D eigenvalue weighted by atomic mass is 19.4. The molecule has 2 aliphatic heterocycles. The second-order valence-corrected chi connectivity index (χ2v) is 10.3. The van der Waals surface area contributed by atoms with Gasteiger partial charge in [0.1, 0.15) is 17.0 Å². The van der Waals surface area contributed by atoms with Crippen molar-refractivity contribution in [3.8, 4) is 11.5 Å². The van der Waals surface area contributed by atoms with Crippen LogP contribution in [-0.4, -0.2) is 64.8 Å². The van der Waals surface area contributed by atoms with Gasteiger partial charge in [-0.1, -0.05) is 0 Å². The number of hydrogen-bond donors (Lipinski definition) is 2. The second-order valence-electron chi connectivity index (χ2n) is 10.3. The lowest BCUT2D eigenvalue weighted by molar-refractivity contribution is -0.138. The molecule has 6 heterocycles. The molecule has 0 radical (unpaired) electrons. The van der Waals surface area contributed by atoms with E-state index >= 15 is 0 Å². The number of pyridine rings is 2. The van der Waals surface area contributed by atoms with Crippen LogP contribution in [0.1, 0.15) is 30.0 Å². The number of nitrogens with one attached hydrogen (secondary N) is 2. The van der Waals surface area contributed by atoms with E-state index in [9.17, 15) is 18.0 Å². The first-order valence-electron chi connectivity index (χ1n) is 13.4. The van der Waals surface area contributed by atoms with Gasteiger partial charge >= 0.3 is 6.18 Å². The molecule has 1 fully saturated rings. The summed E-state index contributed by atoms with van der Waals surface area (Å²) in [5.41, 5.74) is 0.480. The molecule has 2 aliphatic rings. The molecule has 222 valence electrons. The van der Waals surface area contributed by atoms with E-state index in [1.54, 1.807) is 55.3 Å². The normalized spacial score (nSPS) is 18.8. The van der Waals surface area contributed by atoms with Gasteiger partial charge in [0.15, 0.2) is 23.6 Å². The van der Waals surface area contributed by atoms with Gasteiger partial charge in [0.05, 0.1) is 48.7 Å². The molecule has 0 spiro atoms. The zero-order valence-corrected chi connectivity index (χ0v) is 23.4. The highest BCUT2D eigenvalue weighted by Crippen LogP contribution is 2.43. The number of hydrogen-bond acceptors (Lipinski definition) is 10. The molecule has 2 atom stereocenters. The van der Waals surface area contributed by atoms with E-state index in [-0.39, 0.29) is 12.3 Å². The van der Waals surface area contributed by atoms with Crippen molar-refractivity contribution in [3.63, 3.8) is 0 Å². The summed E-state index contributed by atoms with van der Waals surface area (Å²) in [5.74, 6) is 2.18. The van der Waals surface area contributed by atoms with Gasteiger partial charge in [-0.15, -0.1) is 0 Å². The molecule has 0 bridgehead atoms. The summed E-state index contributed by atoms with van der Waals surface area (Å²) in [6.45, 7) is 2.57. The molecule has 12 nitrogen and oxygen atoms in total. The predicted molar refractivity (Wildman–Crippen MR) is 151 cm³/mol. The molecular weight excluding hydrogens is 555 g/mol. The number of alkyl halides is 3. The molecular formula is C27H30F3N9O3.